The minimum Gasteiger partial charge on any atom is -0.465 e. The Hall–Kier alpha value is -1.72. The van der Waals surface area contributed by atoms with Crippen molar-refractivity contribution in [2.45, 2.75) is 38.8 Å². The lowest BCUT2D eigenvalue weighted by atomic mass is 9.94. The summed E-state index contributed by atoms with van der Waals surface area (Å²) in [6, 6.07) is -0.310. The molecular weight excluding hydrogens is 222 g/mol. The topological polar surface area (TPSA) is 73.6 Å². The molecule has 1 aromatic rings. The summed E-state index contributed by atoms with van der Waals surface area (Å²) in [4.78, 5) is 22.1. The van der Waals surface area contributed by atoms with E-state index in [1.807, 2.05) is 0 Å². The van der Waals surface area contributed by atoms with Gasteiger partial charge in [-0.25, -0.2) is 0 Å². The van der Waals surface area contributed by atoms with Crippen molar-refractivity contribution in [3.8, 4) is 0 Å². The summed E-state index contributed by atoms with van der Waals surface area (Å²) in [7, 11) is 0. The van der Waals surface area contributed by atoms with Gasteiger partial charge < -0.3 is 4.74 Å². The van der Waals surface area contributed by atoms with Gasteiger partial charge in [0.2, 0.25) is 0 Å². The molecule has 0 aliphatic heterocycles. The Balaban J connectivity index is 2.17. The number of hydrogen-bond donors (Lipinski definition) is 0. The third-order valence-corrected chi connectivity index (χ3v) is 2.94. The predicted molar refractivity (Wildman–Crippen MR) is 60.3 cm³/mol. The number of rotatable bonds is 4. The van der Waals surface area contributed by atoms with Crippen molar-refractivity contribution in [2.75, 3.05) is 6.61 Å². The summed E-state index contributed by atoms with van der Waals surface area (Å²) in [5.41, 5.74) is 1.80. The number of hydrogen-bond acceptors (Lipinski definition) is 5. The maximum atomic E-state index is 11.4. The fraction of sp³-hybridized carbons (Fsp3) is 0.636. The quantitative estimate of drug-likeness (QED) is 0.588. The molecule has 0 N–H and O–H groups in total. The van der Waals surface area contributed by atoms with Crippen LogP contribution in [0.4, 0.5) is 0 Å². The molecule has 92 valence electrons. The first-order valence-electron chi connectivity index (χ1n) is 5.79. The second-order valence-corrected chi connectivity index (χ2v) is 4.02. The van der Waals surface area contributed by atoms with Crippen molar-refractivity contribution in [1.29, 1.82) is 0 Å². The Kier molecular flexibility index (Phi) is 3.51. The molecule has 6 nitrogen and oxygen atoms in total. The fourth-order valence-corrected chi connectivity index (χ4v) is 2.17. The third-order valence-electron chi connectivity index (χ3n) is 2.94. The first-order valence-corrected chi connectivity index (χ1v) is 5.79. The molecule has 0 radical (unpaired) electrons. The highest BCUT2D eigenvalue weighted by molar-refractivity contribution is 5.69. The first kappa shape index (κ1) is 11.8. The van der Waals surface area contributed by atoms with E-state index in [-0.39, 0.29) is 18.6 Å². The summed E-state index contributed by atoms with van der Waals surface area (Å²) in [5.74, 6) is -0.306. The van der Waals surface area contributed by atoms with Crippen LogP contribution in [0.2, 0.25) is 0 Å². The van der Waals surface area contributed by atoms with Gasteiger partial charge in [0.25, 0.3) is 0 Å². The van der Waals surface area contributed by atoms with E-state index in [9.17, 15) is 9.70 Å². The van der Waals surface area contributed by atoms with Gasteiger partial charge in [0.1, 0.15) is 12.6 Å². The molecule has 0 bridgehead atoms. The Morgan fingerprint density at radius 1 is 1.71 bits per heavy atom. The average molecular weight is 237 g/mol. The van der Waals surface area contributed by atoms with E-state index in [0.29, 0.717) is 6.61 Å². The zero-order valence-corrected chi connectivity index (χ0v) is 9.76. The van der Waals surface area contributed by atoms with Gasteiger partial charge in [0.15, 0.2) is 0 Å². The molecule has 0 amide bonds. The van der Waals surface area contributed by atoms with E-state index in [2.05, 4.69) is 10.3 Å². The normalized spacial score (nSPS) is 18.5. The number of nitrogens with zero attached hydrogens (tertiary/aromatic N) is 3. The second-order valence-electron chi connectivity index (χ2n) is 4.02. The number of nitroso groups, excluding NO2 is 1. The van der Waals surface area contributed by atoms with E-state index in [1.54, 1.807) is 17.8 Å². The number of esters is 1. The summed E-state index contributed by atoms with van der Waals surface area (Å²) in [5, 5.41) is 7.23. The van der Waals surface area contributed by atoms with Crippen molar-refractivity contribution in [1.82, 2.24) is 9.78 Å². The second kappa shape index (κ2) is 5.07. The summed E-state index contributed by atoms with van der Waals surface area (Å²) in [6.45, 7) is 2.23. The van der Waals surface area contributed by atoms with Crippen molar-refractivity contribution in [3.63, 3.8) is 0 Å². The summed E-state index contributed by atoms with van der Waals surface area (Å²) in [6.07, 6.45) is 4.14. The van der Waals surface area contributed by atoms with E-state index in [1.165, 1.54) is 0 Å². The monoisotopic (exact) mass is 237 g/mol. The Bertz CT molecular complexity index is 428. The standard InChI is InChI=1S/C11H15N3O3/c1-2-17-11(15)7-14-10-5-3-4-9(13-16)8(10)6-12-14/h6,9H,2-5,7H2,1H3. The lowest BCUT2D eigenvalue weighted by Crippen LogP contribution is -2.18. The zero-order chi connectivity index (χ0) is 12.3. The molecule has 1 heterocycles. The Morgan fingerprint density at radius 2 is 2.53 bits per heavy atom. The van der Waals surface area contributed by atoms with Crippen LogP contribution in [0.3, 0.4) is 0 Å². The van der Waals surface area contributed by atoms with Gasteiger partial charge in [-0.15, -0.1) is 0 Å². The molecule has 2 rings (SSSR count). The number of carbonyl (C=O) groups is 1. The van der Waals surface area contributed by atoms with Gasteiger partial charge in [-0.3, -0.25) is 9.48 Å². The predicted octanol–water partition coefficient (Wildman–Crippen LogP) is 1.59. The smallest absolute Gasteiger partial charge is 0.327 e. The van der Waals surface area contributed by atoms with Crippen LogP contribution in [0.5, 0.6) is 0 Å². The largest absolute Gasteiger partial charge is 0.465 e. The van der Waals surface area contributed by atoms with Crippen molar-refractivity contribution in [3.05, 3.63) is 22.4 Å². The van der Waals surface area contributed by atoms with E-state index < -0.39 is 0 Å². The van der Waals surface area contributed by atoms with Crippen LogP contribution < -0.4 is 0 Å². The number of ether oxygens (including phenoxy) is 1. The van der Waals surface area contributed by atoms with Crippen LogP contribution in [0.15, 0.2) is 11.4 Å². The fourth-order valence-electron chi connectivity index (χ4n) is 2.17. The van der Waals surface area contributed by atoms with Crippen LogP contribution in [-0.2, 0) is 22.5 Å². The molecule has 0 saturated heterocycles. The van der Waals surface area contributed by atoms with Gasteiger partial charge in [-0.2, -0.15) is 10.0 Å². The van der Waals surface area contributed by atoms with Gasteiger partial charge in [0.05, 0.1) is 12.8 Å². The molecule has 1 aliphatic carbocycles. The maximum Gasteiger partial charge on any atom is 0.327 e. The highest BCUT2D eigenvalue weighted by atomic mass is 16.5. The SMILES string of the molecule is CCOC(=O)Cn1ncc2c1CCCC2N=O. The van der Waals surface area contributed by atoms with Crippen LogP contribution in [0.25, 0.3) is 0 Å². The Morgan fingerprint density at radius 3 is 3.24 bits per heavy atom. The Labute approximate surface area is 98.9 Å². The first-order chi connectivity index (χ1) is 8.26. The number of carbonyl (C=O) groups excluding carboxylic acids is 1. The van der Waals surface area contributed by atoms with Crippen LogP contribution in [0.1, 0.15) is 37.1 Å². The minimum atomic E-state index is -0.310. The van der Waals surface area contributed by atoms with Gasteiger partial charge in [0, 0.05) is 11.3 Å². The molecule has 0 aromatic carbocycles. The van der Waals surface area contributed by atoms with Gasteiger partial charge in [-0.1, -0.05) is 5.18 Å². The van der Waals surface area contributed by atoms with Crippen molar-refractivity contribution < 1.29 is 9.53 Å². The summed E-state index contributed by atoms with van der Waals surface area (Å²) >= 11 is 0. The third kappa shape index (κ3) is 2.35. The van der Waals surface area contributed by atoms with E-state index >= 15 is 0 Å². The average Bonchev–Trinajstić information content (AvgIpc) is 2.73. The maximum absolute atomic E-state index is 11.4. The molecule has 1 aromatic heterocycles. The molecule has 17 heavy (non-hydrogen) atoms. The molecule has 0 saturated carbocycles. The molecule has 6 heteroatoms. The molecular formula is C11H15N3O3. The van der Waals surface area contributed by atoms with Crippen LogP contribution in [-0.4, -0.2) is 22.4 Å². The lowest BCUT2D eigenvalue weighted by molar-refractivity contribution is -0.144. The number of aromatic nitrogens is 2. The van der Waals surface area contributed by atoms with Gasteiger partial charge in [-0.05, 0) is 26.2 Å². The molecule has 1 aliphatic rings. The minimum absolute atomic E-state index is 0.106. The lowest BCUT2D eigenvalue weighted by Gasteiger charge is -2.17. The van der Waals surface area contributed by atoms with Crippen LogP contribution in [0, 0.1) is 4.91 Å². The highest BCUT2D eigenvalue weighted by Crippen LogP contribution is 2.32. The molecule has 1 unspecified atom stereocenters. The van der Waals surface area contributed by atoms with Gasteiger partial charge >= 0.3 is 5.97 Å². The van der Waals surface area contributed by atoms with Crippen LogP contribution >= 0.6 is 0 Å². The molecule has 0 spiro atoms. The molecule has 0 fully saturated rings. The zero-order valence-electron chi connectivity index (χ0n) is 9.76. The molecule has 1 atom stereocenters. The summed E-state index contributed by atoms with van der Waals surface area (Å²) < 4.78 is 6.49. The van der Waals surface area contributed by atoms with Crippen molar-refractivity contribution >= 4 is 5.97 Å². The van der Waals surface area contributed by atoms with E-state index in [4.69, 9.17) is 4.74 Å². The van der Waals surface area contributed by atoms with Crippen molar-refractivity contribution in [2.24, 2.45) is 5.18 Å². The highest BCUT2D eigenvalue weighted by Gasteiger charge is 2.25. The number of fused-ring (bicyclic) bond motifs is 1. The van der Waals surface area contributed by atoms with E-state index in [0.717, 1.165) is 30.5 Å².